The maximum atomic E-state index is 3.95. The molecule has 0 radical (unpaired) electrons. The van der Waals surface area contributed by atoms with Crippen LogP contribution in [-0.4, -0.2) is 0 Å². The molecule has 0 heteroatoms. The standard InChI is InChI=1S/C22H34/c1-4-7-8-9-10-11-12-13-14-15-17-21-19-16-18-20(5-2)22(21)6-3/h5-6,16,18-19H,2-4,7-15,17H2,1H3. The molecule has 0 aromatic heterocycles. The molecular weight excluding hydrogens is 264 g/mol. The highest BCUT2D eigenvalue weighted by atomic mass is 14.1. The molecule has 22 heavy (non-hydrogen) atoms. The van der Waals surface area contributed by atoms with Crippen molar-refractivity contribution in [3.8, 4) is 0 Å². The second-order valence-electron chi connectivity index (χ2n) is 6.26. The van der Waals surface area contributed by atoms with Crippen LogP contribution in [0.25, 0.3) is 12.2 Å². The fraction of sp³-hybridized carbons (Fsp3) is 0.545. The van der Waals surface area contributed by atoms with Crippen molar-refractivity contribution in [3.63, 3.8) is 0 Å². The summed E-state index contributed by atoms with van der Waals surface area (Å²) in [6.07, 6.45) is 19.0. The van der Waals surface area contributed by atoms with Gasteiger partial charge in [0.05, 0.1) is 0 Å². The van der Waals surface area contributed by atoms with Gasteiger partial charge >= 0.3 is 0 Å². The van der Waals surface area contributed by atoms with Crippen LogP contribution < -0.4 is 0 Å². The highest BCUT2D eigenvalue weighted by Crippen LogP contribution is 2.20. The molecule has 1 rings (SSSR count). The zero-order chi connectivity index (χ0) is 16.0. The molecule has 0 atom stereocenters. The van der Waals surface area contributed by atoms with Crippen molar-refractivity contribution >= 4 is 12.2 Å². The summed E-state index contributed by atoms with van der Waals surface area (Å²) in [5.41, 5.74) is 3.90. The lowest BCUT2D eigenvalue weighted by molar-refractivity contribution is 0.556. The molecule has 0 aliphatic carbocycles. The van der Waals surface area contributed by atoms with Crippen LogP contribution in [0.5, 0.6) is 0 Å². The van der Waals surface area contributed by atoms with Crippen LogP contribution in [0.15, 0.2) is 31.4 Å². The molecule has 0 aliphatic heterocycles. The first kappa shape index (κ1) is 18.7. The molecule has 0 saturated heterocycles. The van der Waals surface area contributed by atoms with Gasteiger partial charge in [-0.1, -0.05) is 108 Å². The fourth-order valence-corrected chi connectivity index (χ4v) is 3.08. The van der Waals surface area contributed by atoms with Gasteiger partial charge in [0.2, 0.25) is 0 Å². The van der Waals surface area contributed by atoms with Crippen LogP contribution in [0, 0.1) is 0 Å². The van der Waals surface area contributed by atoms with Crippen molar-refractivity contribution in [2.45, 2.75) is 77.6 Å². The van der Waals surface area contributed by atoms with E-state index in [-0.39, 0.29) is 0 Å². The van der Waals surface area contributed by atoms with Crippen LogP contribution in [0.1, 0.15) is 87.8 Å². The van der Waals surface area contributed by atoms with Crippen molar-refractivity contribution in [1.82, 2.24) is 0 Å². The van der Waals surface area contributed by atoms with Crippen LogP contribution in [-0.2, 0) is 6.42 Å². The van der Waals surface area contributed by atoms with Crippen molar-refractivity contribution < 1.29 is 0 Å². The average molecular weight is 299 g/mol. The molecule has 0 heterocycles. The second kappa shape index (κ2) is 12.3. The highest BCUT2D eigenvalue weighted by molar-refractivity contribution is 5.66. The molecule has 0 nitrogen and oxygen atoms in total. The first-order valence-corrected chi connectivity index (χ1v) is 9.20. The lowest BCUT2D eigenvalue weighted by Crippen LogP contribution is -1.93. The van der Waals surface area contributed by atoms with Gasteiger partial charge in [-0.3, -0.25) is 0 Å². The zero-order valence-electron chi connectivity index (χ0n) is 14.6. The third kappa shape index (κ3) is 7.11. The van der Waals surface area contributed by atoms with Crippen molar-refractivity contribution in [1.29, 1.82) is 0 Å². The third-order valence-corrected chi connectivity index (χ3v) is 4.45. The largest absolute Gasteiger partial charge is 0.0984 e. The third-order valence-electron chi connectivity index (χ3n) is 4.45. The number of aryl methyl sites for hydroxylation is 1. The predicted molar refractivity (Wildman–Crippen MR) is 102 cm³/mol. The zero-order valence-corrected chi connectivity index (χ0v) is 14.6. The summed E-state index contributed by atoms with van der Waals surface area (Å²) >= 11 is 0. The highest BCUT2D eigenvalue weighted by Gasteiger charge is 2.03. The Labute approximate surface area is 138 Å². The number of rotatable bonds is 13. The van der Waals surface area contributed by atoms with Crippen LogP contribution >= 0.6 is 0 Å². The number of hydrogen-bond acceptors (Lipinski definition) is 0. The normalized spacial score (nSPS) is 10.6. The monoisotopic (exact) mass is 298 g/mol. The molecule has 0 fully saturated rings. The molecule has 0 aliphatic rings. The minimum atomic E-state index is 1.17. The average Bonchev–Trinajstić information content (AvgIpc) is 2.56. The summed E-state index contributed by atoms with van der Waals surface area (Å²) in [7, 11) is 0. The Hall–Kier alpha value is -1.30. The molecule has 1 aromatic carbocycles. The summed E-state index contributed by atoms with van der Waals surface area (Å²) in [5.74, 6) is 0. The molecule has 0 spiro atoms. The second-order valence-corrected chi connectivity index (χ2v) is 6.26. The molecular formula is C22H34. The van der Waals surface area contributed by atoms with E-state index in [0.717, 1.165) is 0 Å². The SMILES string of the molecule is C=Cc1cccc(CCCCCCCCCCCC)c1C=C. The van der Waals surface area contributed by atoms with Gasteiger partial charge in [0.25, 0.3) is 0 Å². The van der Waals surface area contributed by atoms with Gasteiger partial charge < -0.3 is 0 Å². The van der Waals surface area contributed by atoms with Crippen molar-refractivity contribution in [2.75, 3.05) is 0 Å². The molecule has 0 saturated carbocycles. The van der Waals surface area contributed by atoms with Gasteiger partial charge in [-0.25, -0.2) is 0 Å². The molecule has 0 amide bonds. The van der Waals surface area contributed by atoms with Crippen molar-refractivity contribution in [2.24, 2.45) is 0 Å². The first-order valence-electron chi connectivity index (χ1n) is 9.20. The van der Waals surface area contributed by atoms with Gasteiger partial charge in [-0.05, 0) is 29.5 Å². The van der Waals surface area contributed by atoms with Crippen LogP contribution in [0.2, 0.25) is 0 Å². The molecule has 122 valence electrons. The van der Waals surface area contributed by atoms with Gasteiger partial charge in [0, 0.05) is 0 Å². The van der Waals surface area contributed by atoms with Crippen molar-refractivity contribution in [3.05, 3.63) is 48.0 Å². The quantitative estimate of drug-likeness (QED) is 0.332. The van der Waals surface area contributed by atoms with E-state index in [1.807, 2.05) is 12.2 Å². The first-order chi connectivity index (χ1) is 10.8. The van der Waals surface area contributed by atoms with E-state index in [1.54, 1.807) is 0 Å². The van der Waals surface area contributed by atoms with Gasteiger partial charge in [-0.2, -0.15) is 0 Å². The Morgan fingerprint density at radius 3 is 1.91 bits per heavy atom. The van der Waals surface area contributed by atoms with Gasteiger partial charge in [0.1, 0.15) is 0 Å². The van der Waals surface area contributed by atoms with E-state index in [0.29, 0.717) is 0 Å². The predicted octanol–water partition coefficient (Wildman–Crippen LogP) is 7.44. The summed E-state index contributed by atoms with van der Waals surface area (Å²) in [6.45, 7) is 10.1. The summed E-state index contributed by atoms with van der Waals surface area (Å²) < 4.78 is 0. The Bertz CT molecular complexity index is 428. The van der Waals surface area contributed by atoms with Gasteiger partial charge in [0.15, 0.2) is 0 Å². The smallest absolute Gasteiger partial charge is 0.0158 e. The molecule has 0 N–H and O–H groups in total. The minimum Gasteiger partial charge on any atom is -0.0984 e. The van der Waals surface area contributed by atoms with E-state index in [9.17, 15) is 0 Å². The fourth-order valence-electron chi connectivity index (χ4n) is 3.08. The van der Waals surface area contributed by atoms with E-state index in [2.05, 4.69) is 38.3 Å². The number of hydrogen-bond donors (Lipinski definition) is 0. The van der Waals surface area contributed by atoms with Crippen LogP contribution in [0.3, 0.4) is 0 Å². The molecule has 0 unspecified atom stereocenters. The topological polar surface area (TPSA) is 0 Å². The van der Waals surface area contributed by atoms with E-state index < -0.39 is 0 Å². The molecule has 0 bridgehead atoms. The number of benzene rings is 1. The Kier molecular flexibility index (Phi) is 10.5. The lowest BCUT2D eigenvalue weighted by Gasteiger charge is -2.09. The van der Waals surface area contributed by atoms with E-state index >= 15 is 0 Å². The Morgan fingerprint density at radius 2 is 1.36 bits per heavy atom. The lowest BCUT2D eigenvalue weighted by atomic mass is 9.96. The summed E-state index contributed by atoms with van der Waals surface area (Å²) in [6, 6.07) is 6.49. The maximum Gasteiger partial charge on any atom is -0.0158 e. The summed E-state index contributed by atoms with van der Waals surface area (Å²) in [5, 5.41) is 0. The van der Waals surface area contributed by atoms with E-state index in [1.165, 1.54) is 87.3 Å². The minimum absolute atomic E-state index is 1.17. The van der Waals surface area contributed by atoms with E-state index in [4.69, 9.17) is 0 Å². The Balaban J connectivity index is 2.15. The number of unbranched alkanes of at least 4 members (excludes halogenated alkanes) is 9. The molecule has 1 aromatic rings. The Morgan fingerprint density at radius 1 is 0.773 bits per heavy atom. The van der Waals surface area contributed by atoms with Gasteiger partial charge in [-0.15, -0.1) is 0 Å². The summed E-state index contributed by atoms with van der Waals surface area (Å²) in [4.78, 5) is 0. The maximum absolute atomic E-state index is 3.95. The van der Waals surface area contributed by atoms with Crippen LogP contribution in [0.4, 0.5) is 0 Å².